The highest BCUT2D eigenvalue weighted by molar-refractivity contribution is 5.69. The molecule has 0 aliphatic heterocycles. The Bertz CT molecular complexity index is 2000. The maximum absolute atomic E-state index is 12.4. The highest BCUT2D eigenvalue weighted by Crippen LogP contribution is 2.15. The fourth-order valence-corrected chi connectivity index (χ4v) is 5.10. The molecular weight excluding hydrogens is 715 g/mol. The number of hydrogen-bond donors (Lipinski definition) is 3. The lowest BCUT2D eigenvalue weighted by Gasteiger charge is -2.19. The molecule has 294 valence electrons. The number of ether oxygens (including phenoxy) is 3. The monoisotopic (exact) mass is 765 g/mol. The summed E-state index contributed by atoms with van der Waals surface area (Å²) in [4.78, 5) is 37.1. The Morgan fingerprint density at radius 3 is 0.912 bits per heavy atom. The minimum absolute atomic E-state index is 0.242. The van der Waals surface area contributed by atoms with E-state index in [0.717, 1.165) is 33.4 Å². The third kappa shape index (κ3) is 15.9. The van der Waals surface area contributed by atoms with E-state index in [1.165, 1.54) is 0 Å². The van der Waals surface area contributed by atoms with Crippen LogP contribution in [-0.2, 0) is 33.8 Å². The third-order valence-corrected chi connectivity index (χ3v) is 7.48. The molecule has 3 N–H and O–H groups in total. The molecule has 0 radical (unpaired) electrons. The molecule has 0 atom stereocenters. The van der Waals surface area contributed by atoms with Crippen LogP contribution in [0.5, 0.6) is 0 Å². The highest BCUT2D eigenvalue weighted by Gasteiger charge is 2.18. The van der Waals surface area contributed by atoms with Gasteiger partial charge in [-0.1, -0.05) is 90.1 Å². The SMILES string of the molecule is CC(C)(C)OC(=O)NCc1ccccc1C#Cc1cc(C#Cc2ccccc2CNC(=O)OC(C)(C)C)cc(C#Cc2ccccc2CNC(=O)OC(C)(C)C)c1. The Morgan fingerprint density at radius 1 is 0.421 bits per heavy atom. The zero-order chi connectivity index (χ0) is 41.6. The Balaban J connectivity index is 1.69. The lowest BCUT2D eigenvalue weighted by atomic mass is 10.0. The highest BCUT2D eigenvalue weighted by atomic mass is 16.6. The predicted octanol–water partition coefficient (Wildman–Crippen LogP) is 8.96. The summed E-state index contributed by atoms with van der Waals surface area (Å²) in [5.41, 5.74) is 4.94. The van der Waals surface area contributed by atoms with E-state index in [9.17, 15) is 14.4 Å². The molecule has 4 rings (SSSR count). The summed E-state index contributed by atoms with van der Waals surface area (Å²) < 4.78 is 16.2. The molecule has 0 bridgehead atoms. The minimum Gasteiger partial charge on any atom is -0.444 e. The number of benzene rings is 4. The second kappa shape index (κ2) is 19.3. The number of carbonyl (C=O) groups is 3. The van der Waals surface area contributed by atoms with Gasteiger partial charge in [0.15, 0.2) is 0 Å². The van der Waals surface area contributed by atoms with Crippen LogP contribution in [0.1, 0.15) is 112 Å². The fraction of sp³-hybridized carbons (Fsp3) is 0.312. The first kappa shape index (κ1) is 43.1. The number of nitrogens with one attached hydrogen (secondary N) is 3. The number of amides is 3. The van der Waals surface area contributed by atoms with Gasteiger partial charge in [-0.15, -0.1) is 0 Å². The summed E-state index contributed by atoms with van der Waals surface area (Å²) in [5, 5.41) is 8.43. The van der Waals surface area contributed by atoms with E-state index in [1.807, 2.05) is 153 Å². The van der Waals surface area contributed by atoms with E-state index in [-0.39, 0.29) is 19.6 Å². The van der Waals surface area contributed by atoms with E-state index in [2.05, 4.69) is 51.5 Å². The first-order valence-electron chi connectivity index (χ1n) is 18.7. The molecule has 4 aromatic rings. The zero-order valence-corrected chi connectivity index (χ0v) is 34.2. The van der Waals surface area contributed by atoms with E-state index >= 15 is 0 Å². The molecule has 0 heterocycles. The molecule has 0 aliphatic carbocycles. The quantitative estimate of drug-likeness (QED) is 0.133. The van der Waals surface area contributed by atoms with Gasteiger partial charge in [0, 0.05) is 53.0 Å². The van der Waals surface area contributed by atoms with E-state index in [0.29, 0.717) is 16.7 Å². The summed E-state index contributed by atoms with van der Waals surface area (Å²) in [6.07, 6.45) is -1.53. The summed E-state index contributed by atoms with van der Waals surface area (Å²) >= 11 is 0. The van der Waals surface area contributed by atoms with Gasteiger partial charge >= 0.3 is 18.3 Å². The smallest absolute Gasteiger partial charge is 0.407 e. The fourth-order valence-electron chi connectivity index (χ4n) is 5.10. The molecule has 0 aromatic heterocycles. The van der Waals surface area contributed by atoms with Crippen molar-refractivity contribution in [2.24, 2.45) is 0 Å². The topological polar surface area (TPSA) is 115 Å². The van der Waals surface area contributed by atoms with Crippen LogP contribution < -0.4 is 16.0 Å². The lowest BCUT2D eigenvalue weighted by Crippen LogP contribution is -2.32. The molecule has 0 saturated heterocycles. The number of hydrogen-bond acceptors (Lipinski definition) is 6. The van der Waals surface area contributed by atoms with Crippen LogP contribution in [-0.4, -0.2) is 35.1 Å². The van der Waals surface area contributed by atoms with Gasteiger partial charge < -0.3 is 30.2 Å². The first-order chi connectivity index (χ1) is 26.8. The van der Waals surface area contributed by atoms with Crippen LogP contribution in [0.2, 0.25) is 0 Å². The van der Waals surface area contributed by atoms with Gasteiger partial charge in [-0.3, -0.25) is 0 Å². The summed E-state index contributed by atoms with van der Waals surface area (Å²) in [6, 6.07) is 28.5. The standard InChI is InChI=1S/C48H51N3O6/c1-46(2,3)55-43(52)49-31-40-19-13-10-16-37(40)25-22-34-28-35(23-26-38-17-11-14-20-41(38)32-50-44(53)56-47(4,5)6)30-36(29-34)24-27-39-18-12-15-21-42(39)33-51-45(54)57-48(7,8)9/h10-21,28-30H,31-33H2,1-9H3,(H,49,52)(H,50,53)(H,51,54). The Morgan fingerprint density at radius 2 is 0.667 bits per heavy atom. The van der Waals surface area contributed by atoms with Gasteiger partial charge in [-0.2, -0.15) is 0 Å². The molecule has 4 aromatic carbocycles. The average molecular weight is 766 g/mol. The van der Waals surface area contributed by atoms with Crippen molar-refractivity contribution in [2.45, 2.75) is 98.8 Å². The van der Waals surface area contributed by atoms with Crippen molar-refractivity contribution in [2.75, 3.05) is 0 Å². The minimum atomic E-state index is -0.615. The van der Waals surface area contributed by atoms with Gasteiger partial charge in [-0.25, -0.2) is 14.4 Å². The van der Waals surface area contributed by atoms with Gasteiger partial charge in [-0.05, 0) is 115 Å². The van der Waals surface area contributed by atoms with Gasteiger partial charge in [0.1, 0.15) is 16.8 Å². The molecule has 0 saturated carbocycles. The van der Waals surface area contributed by atoms with Crippen LogP contribution in [0, 0.1) is 35.5 Å². The van der Waals surface area contributed by atoms with Gasteiger partial charge in [0.2, 0.25) is 0 Å². The average Bonchev–Trinajstić information content (AvgIpc) is 3.11. The van der Waals surface area contributed by atoms with Crippen molar-refractivity contribution in [3.05, 3.63) is 141 Å². The lowest BCUT2D eigenvalue weighted by molar-refractivity contribution is 0.0512. The first-order valence-corrected chi connectivity index (χ1v) is 18.7. The Kier molecular flexibility index (Phi) is 14.6. The molecule has 0 spiro atoms. The predicted molar refractivity (Wildman–Crippen MR) is 223 cm³/mol. The Labute approximate surface area is 337 Å². The molecule has 57 heavy (non-hydrogen) atoms. The van der Waals surface area contributed by atoms with Crippen LogP contribution in [0.15, 0.2) is 91.0 Å². The molecule has 3 amide bonds. The largest absolute Gasteiger partial charge is 0.444 e. The van der Waals surface area contributed by atoms with Crippen molar-refractivity contribution in [1.82, 2.24) is 16.0 Å². The van der Waals surface area contributed by atoms with Gasteiger partial charge in [0.25, 0.3) is 0 Å². The molecular formula is C48H51N3O6. The number of carbonyl (C=O) groups excluding carboxylic acids is 3. The molecule has 0 fully saturated rings. The number of alkyl carbamates (subject to hydrolysis) is 3. The van der Waals surface area contributed by atoms with E-state index in [1.54, 1.807) is 0 Å². The zero-order valence-electron chi connectivity index (χ0n) is 34.2. The Hall–Kier alpha value is -6.63. The van der Waals surface area contributed by atoms with Gasteiger partial charge in [0.05, 0.1) is 0 Å². The van der Waals surface area contributed by atoms with E-state index in [4.69, 9.17) is 14.2 Å². The molecule has 9 heteroatoms. The molecule has 9 nitrogen and oxygen atoms in total. The second-order valence-corrected chi connectivity index (χ2v) is 16.1. The normalized spacial score (nSPS) is 10.9. The summed E-state index contributed by atoms with van der Waals surface area (Å²) in [5.74, 6) is 19.6. The molecule has 0 unspecified atom stereocenters. The third-order valence-electron chi connectivity index (χ3n) is 7.48. The maximum Gasteiger partial charge on any atom is 0.407 e. The van der Waals surface area contributed by atoms with Crippen molar-refractivity contribution in [3.8, 4) is 35.5 Å². The van der Waals surface area contributed by atoms with Crippen LogP contribution >= 0.6 is 0 Å². The van der Waals surface area contributed by atoms with Crippen LogP contribution in [0.25, 0.3) is 0 Å². The van der Waals surface area contributed by atoms with Crippen molar-refractivity contribution in [3.63, 3.8) is 0 Å². The van der Waals surface area contributed by atoms with Crippen LogP contribution in [0.4, 0.5) is 14.4 Å². The van der Waals surface area contributed by atoms with Crippen molar-refractivity contribution < 1.29 is 28.6 Å². The van der Waals surface area contributed by atoms with E-state index < -0.39 is 35.1 Å². The molecule has 0 aliphatic rings. The summed E-state index contributed by atoms with van der Waals surface area (Å²) in [6.45, 7) is 17.1. The summed E-state index contributed by atoms with van der Waals surface area (Å²) in [7, 11) is 0. The second-order valence-electron chi connectivity index (χ2n) is 16.1. The van der Waals surface area contributed by atoms with Crippen molar-refractivity contribution >= 4 is 18.3 Å². The van der Waals surface area contributed by atoms with Crippen LogP contribution in [0.3, 0.4) is 0 Å². The number of rotatable bonds is 6. The maximum atomic E-state index is 12.4. The van der Waals surface area contributed by atoms with Crippen molar-refractivity contribution in [1.29, 1.82) is 0 Å².